The van der Waals surface area contributed by atoms with Gasteiger partial charge in [-0.15, -0.1) is 11.3 Å². The molecule has 2 heterocycles. The molecule has 6 heteroatoms. The third-order valence-corrected chi connectivity index (χ3v) is 4.30. The lowest BCUT2D eigenvalue weighted by Gasteiger charge is -2.37. The Kier molecular flexibility index (Phi) is 3.37. The monoisotopic (exact) mass is 267 g/mol. The van der Waals surface area contributed by atoms with Gasteiger partial charge in [0, 0.05) is 13.1 Å². The fourth-order valence-electron chi connectivity index (χ4n) is 2.30. The second-order valence-electron chi connectivity index (χ2n) is 4.82. The Morgan fingerprint density at radius 2 is 2.33 bits per heavy atom. The lowest BCUT2D eigenvalue weighted by Crippen LogP contribution is -2.46. The maximum absolute atomic E-state index is 10.1. The summed E-state index contributed by atoms with van der Waals surface area (Å²) in [5.74, 6) is 0.550. The molecule has 0 bridgehead atoms. The summed E-state index contributed by atoms with van der Waals surface area (Å²) in [6, 6.07) is 2.07. The van der Waals surface area contributed by atoms with Crippen LogP contribution in [0.2, 0.25) is 0 Å². The molecule has 0 amide bonds. The Hall–Kier alpha value is -1.45. The van der Waals surface area contributed by atoms with Crippen molar-refractivity contribution in [2.75, 3.05) is 30.8 Å². The molecule has 18 heavy (non-hydrogen) atoms. The fraction of sp³-hybridized carbons (Fsp3) is 0.583. The third-order valence-electron chi connectivity index (χ3n) is 3.15. The van der Waals surface area contributed by atoms with Crippen molar-refractivity contribution in [3.63, 3.8) is 0 Å². The Balaban J connectivity index is 2.36. The average molecular weight is 267 g/mol. The van der Waals surface area contributed by atoms with Crippen LogP contribution >= 0.6 is 11.3 Å². The van der Waals surface area contributed by atoms with Gasteiger partial charge in [0.15, 0.2) is 5.75 Å². The summed E-state index contributed by atoms with van der Waals surface area (Å²) >= 11 is 1.32. The molecule has 1 saturated heterocycles. The second kappa shape index (κ2) is 4.67. The fourth-order valence-corrected chi connectivity index (χ4v) is 3.31. The summed E-state index contributed by atoms with van der Waals surface area (Å²) < 4.78 is 5.29. The van der Waals surface area contributed by atoms with Gasteiger partial charge in [-0.05, 0) is 19.8 Å². The second-order valence-corrected chi connectivity index (χ2v) is 5.82. The van der Waals surface area contributed by atoms with E-state index in [0.717, 1.165) is 24.4 Å². The Morgan fingerprint density at radius 1 is 1.61 bits per heavy atom. The number of piperidine rings is 1. The van der Waals surface area contributed by atoms with Crippen molar-refractivity contribution >= 4 is 22.0 Å². The Labute approximate surface area is 110 Å². The number of aliphatic hydroxyl groups is 1. The van der Waals surface area contributed by atoms with E-state index < -0.39 is 5.60 Å². The van der Waals surface area contributed by atoms with Gasteiger partial charge in [0.2, 0.25) is 0 Å². The minimum atomic E-state index is -0.700. The highest BCUT2D eigenvalue weighted by Crippen LogP contribution is 2.45. The lowest BCUT2D eigenvalue weighted by atomic mass is 9.95. The van der Waals surface area contributed by atoms with Crippen molar-refractivity contribution < 1.29 is 9.84 Å². The van der Waals surface area contributed by atoms with Gasteiger partial charge in [-0.2, -0.15) is 5.26 Å². The van der Waals surface area contributed by atoms with Gasteiger partial charge in [-0.3, -0.25) is 0 Å². The summed E-state index contributed by atoms with van der Waals surface area (Å²) in [4.78, 5) is 2.51. The molecule has 5 nitrogen and oxygen atoms in total. The normalized spacial score (nSPS) is 23.8. The molecule has 1 aliphatic heterocycles. The van der Waals surface area contributed by atoms with Crippen LogP contribution in [0.1, 0.15) is 24.6 Å². The van der Waals surface area contributed by atoms with Crippen molar-refractivity contribution in [2.24, 2.45) is 0 Å². The number of hydrogen-bond donors (Lipinski definition) is 2. The Bertz CT molecular complexity index is 490. The molecule has 1 unspecified atom stereocenters. The molecule has 0 spiro atoms. The van der Waals surface area contributed by atoms with Crippen LogP contribution in [0.15, 0.2) is 0 Å². The van der Waals surface area contributed by atoms with Crippen molar-refractivity contribution in [3.05, 3.63) is 4.88 Å². The lowest BCUT2D eigenvalue weighted by molar-refractivity contribution is 0.0450. The van der Waals surface area contributed by atoms with Crippen LogP contribution in [0.4, 0.5) is 10.7 Å². The van der Waals surface area contributed by atoms with Crippen molar-refractivity contribution in [3.8, 4) is 11.8 Å². The zero-order chi connectivity index (χ0) is 13.3. The summed E-state index contributed by atoms with van der Waals surface area (Å²) in [6.45, 7) is 3.21. The molecule has 0 aromatic carbocycles. The third kappa shape index (κ3) is 2.24. The number of hydrogen-bond acceptors (Lipinski definition) is 6. The minimum Gasteiger partial charge on any atom is -0.492 e. The molecule has 1 aromatic rings. The van der Waals surface area contributed by atoms with Crippen LogP contribution in [0.25, 0.3) is 0 Å². The zero-order valence-electron chi connectivity index (χ0n) is 10.6. The molecular weight excluding hydrogens is 250 g/mol. The molecule has 0 aliphatic carbocycles. The number of nitrogen functional groups attached to an aromatic ring is 1. The van der Waals surface area contributed by atoms with E-state index in [9.17, 15) is 5.11 Å². The van der Waals surface area contributed by atoms with Crippen LogP contribution in [0.5, 0.6) is 5.75 Å². The van der Waals surface area contributed by atoms with Gasteiger partial charge < -0.3 is 20.5 Å². The van der Waals surface area contributed by atoms with E-state index in [4.69, 9.17) is 15.7 Å². The highest BCUT2D eigenvalue weighted by Gasteiger charge is 2.31. The number of methoxy groups -OCH3 is 1. The highest BCUT2D eigenvalue weighted by molar-refractivity contribution is 7.17. The number of nitrogens with zero attached hydrogens (tertiary/aromatic N) is 2. The van der Waals surface area contributed by atoms with Crippen molar-refractivity contribution in [1.29, 1.82) is 5.26 Å². The quantitative estimate of drug-likeness (QED) is 0.849. The van der Waals surface area contributed by atoms with Gasteiger partial charge >= 0.3 is 0 Å². The molecule has 2 rings (SSSR count). The number of thiophene rings is 1. The van der Waals surface area contributed by atoms with Gasteiger partial charge in [-0.1, -0.05) is 0 Å². The first-order valence-electron chi connectivity index (χ1n) is 5.82. The predicted octanol–water partition coefficient (Wildman–Crippen LogP) is 1.56. The first-order chi connectivity index (χ1) is 8.48. The van der Waals surface area contributed by atoms with Gasteiger partial charge in [0.1, 0.15) is 21.6 Å². The van der Waals surface area contributed by atoms with Crippen molar-refractivity contribution in [1.82, 2.24) is 0 Å². The van der Waals surface area contributed by atoms with E-state index in [2.05, 4.69) is 6.07 Å². The number of ether oxygens (including phenoxy) is 1. The summed E-state index contributed by atoms with van der Waals surface area (Å²) in [6.07, 6.45) is 1.70. The largest absolute Gasteiger partial charge is 0.492 e. The highest BCUT2D eigenvalue weighted by atomic mass is 32.1. The van der Waals surface area contributed by atoms with Crippen LogP contribution in [-0.4, -0.2) is 30.9 Å². The molecule has 1 fully saturated rings. The first-order valence-corrected chi connectivity index (χ1v) is 6.64. The topological polar surface area (TPSA) is 82.5 Å². The summed E-state index contributed by atoms with van der Waals surface area (Å²) in [5.41, 5.74) is 5.57. The number of nitrogens with two attached hydrogens (primary N) is 1. The maximum Gasteiger partial charge on any atom is 0.177 e. The molecule has 0 saturated carbocycles. The van der Waals surface area contributed by atoms with Crippen LogP contribution in [0, 0.1) is 11.3 Å². The van der Waals surface area contributed by atoms with E-state index in [-0.39, 0.29) is 0 Å². The minimum absolute atomic E-state index is 0.394. The van der Waals surface area contributed by atoms with Crippen LogP contribution < -0.4 is 15.4 Å². The number of anilines is 2. The maximum atomic E-state index is 10.1. The van der Waals surface area contributed by atoms with E-state index in [0.29, 0.717) is 22.9 Å². The molecule has 1 atom stereocenters. The SMILES string of the molecule is COc1c(N2CCCC(C)(O)C2)sc(C#N)c1N. The molecule has 98 valence electrons. The van der Waals surface area contributed by atoms with E-state index >= 15 is 0 Å². The van der Waals surface area contributed by atoms with Gasteiger partial charge in [-0.25, -0.2) is 0 Å². The van der Waals surface area contributed by atoms with Crippen LogP contribution in [-0.2, 0) is 0 Å². The number of nitriles is 1. The smallest absolute Gasteiger partial charge is 0.177 e. The molecular formula is C12H17N3O2S. The predicted molar refractivity (Wildman–Crippen MR) is 72.1 cm³/mol. The van der Waals surface area contributed by atoms with E-state index in [1.807, 2.05) is 11.8 Å². The molecule has 1 aliphatic rings. The summed E-state index contributed by atoms with van der Waals surface area (Å²) in [5, 5.41) is 20.0. The first kappa shape index (κ1) is 13.0. The van der Waals surface area contributed by atoms with E-state index in [1.54, 1.807) is 7.11 Å². The molecule has 3 N–H and O–H groups in total. The standard InChI is InChI=1S/C12H17N3O2S/c1-12(16)4-3-5-15(7-12)11-10(17-2)9(14)8(6-13)18-11/h16H,3-5,7,14H2,1-2H3. The Morgan fingerprint density at radius 3 is 2.89 bits per heavy atom. The molecule has 0 radical (unpaired) electrons. The van der Waals surface area contributed by atoms with Crippen molar-refractivity contribution in [2.45, 2.75) is 25.4 Å². The zero-order valence-corrected chi connectivity index (χ0v) is 11.4. The van der Waals surface area contributed by atoms with Gasteiger partial charge in [0.25, 0.3) is 0 Å². The average Bonchev–Trinajstić information content (AvgIpc) is 2.64. The molecule has 1 aromatic heterocycles. The number of β-amino-alcohol motifs (C(OH)–C–C–N with tert-alkyl or cyclic N) is 1. The van der Waals surface area contributed by atoms with Gasteiger partial charge in [0.05, 0.1) is 12.7 Å². The van der Waals surface area contributed by atoms with Crippen LogP contribution in [0.3, 0.4) is 0 Å². The number of rotatable bonds is 2. The summed E-state index contributed by atoms with van der Waals surface area (Å²) in [7, 11) is 1.55. The van der Waals surface area contributed by atoms with E-state index in [1.165, 1.54) is 11.3 Å².